The Morgan fingerprint density at radius 2 is 1.80 bits per heavy atom. The molecule has 35 heavy (non-hydrogen) atoms. The third kappa shape index (κ3) is 4.01. The number of likely N-dealkylation sites (tertiary alicyclic amines) is 1. The minimum absolute atomic E-state index is 0.0764. The largest absolute Gasteiger partial charge is 0.489 e. The number of benzene rings is 1. The molecule has 0 unspecified atom stereocenters. The zero-order chi connectivity index (χ0) is 24.1. The number of oxazole rings is 1. The predicted octanol–water partition coefficient (Wildman–Crippen LogP) is 3.18. The number of ether oxygens (including phenoxy) is 1. The van der Waals surface area contributed by atoms with Crippen molar-refractivity contribution < 1.29 is 23.5 Å². The first kappa shape index (κ1) is 22.3. The van der Waals surface area contributed by atoms with E-state index in [1.807, 2.05) is 19.1 Å². The highest BCUT2D eigenvalue weighted by molar-refractivity contribution is 6.04. The summed E-state index contributed by atoms with van der Waals surface area (Å²) in [7, 11) is 0. The van der Waals surface area contributed by atoms with Crippen LogP contribution in [0.15, 0.2) is 28.8 Å². The second kappa shape index (κ2) is 8.78. The molecule has 0 spiro atoms. The molecule has 2 atom stereocenters. The summed E-state index contributed by atoms with van der Waals surface area (Å²) in [5, 5.41) is 2.32. The maximum Gasteiger partial charge on any atom is 0.273 e. The van der Waals surface area contributed by atoms with Crippen molar-refractivity contribution in [2.75, 3.05) is 13.1 Å². The minimum Gasteiger partial charge on any atom is -0.489 e. The standard InChI is InChI=1S/C26H30N4O5/c1-16-12-27-25(34-16)18-13-28(14-18)21-5-2-3-6-22(21)35-19-9-10-20-17(11-19)15-29(26(20)33)30-23(31)7-4-8-24(30)32/h9-12,18,21-22H,2-8,13-15H2,1H3/t21-,22+/m0/s1. The molecule has 2 aromatic rings. The average molecular weight is 479 g/mol. The van der Waals surface area contributed by atoms with Crippen molar-refractivity contribution in [3.8, 4) is 5.75 Å². The number of nitrogens with zero attached hydrogens (tertiary/aromatic N) is 4. The molecule has 0 radical (unpaired) electrons. The molecule has 3 amide bonds. The number of hydrogen-bond acceptors (Lipinski definition) is 7. The van der Waals surface area contributed by atoms with Gasteiger partial charge in [-0.3, -0.25) is 19.3 Å². The van der Waals surface area contributed by atoms with Gasteiger partial charge in [-0.05, 0) is 56.4 Å². The number of aryl methyl sites for hydroxylation is 1. The maximum absolute atomic E-state index is 12.9. The van der Waals surface area contributed by atoms with Gasteiger partial charge >= 0.3 is 0 Å². The lowest BCUT2D eigenvalue weighted by atomic mass is 9.86. The Kier molecular flexibility index (Phi) is 5.59. The second-order valence-electron chi connectivity index (χ2n) is 10.1. The van der Waals surface area contributed by atoms with Crippen LogP contribution in [0.4, 0.5) is 0 Å². The average Bonchev–Trinajstić information content (AvgIpc) is 3.37. The number of amides is 3. The van der Waals surface area contributed by atoms with Gasteiger partial charge in [-0.1, -0.05) is 6.42 Å². The highest BCUT2D eigenvalue weighted by Gasteiger charge is 2.42. The lowest BCUT2D eigenvalue weighted by molar-refractivity contribution is -0.163. The molecule has 9 nitrogen and oxygen atoms in total. The molecular formula is C26H30N4O5. The summed E-state index contributed by atoms with van der Waals surface area (Å²) in [6.07, 6.45) is 7.38. The lowest BCUT2D eigenvalue weighted by Crippen LogP contribution is -2.57. The van der Waals surface area contributed by atoms with E-state index in [9.17, 15) is 14.4 Å². The molecule has 1 aromatic carbocycles. The van der Waals surface area contributed by atoms with Gasteiger partial charge in [-0.15, -0.1) is 0 Å². The van der Waals surface area contributed by atoms with E-state index >= 15 is 0 Å². The van der Waals surface area contributed by atoms with Crippen LogP contribution in [0, 0.1) is 6.92 Å². The topological polar surface area (TPSA) is 96.2 Å². The summed E-state index contributed by atoms with van der Waals surface area (Å²) in [6.45, 7) is 3.98. The molecule has 4 aliphatic rings. The molecule has 3 aliphatic heterocycles. The smallest absolute Gasteiger partial charge is 0.273 e. The van der Waals surface area contributed by atoms with E-state index in [-0.39, 0.29) is 43.2 Å². The molecule has 9 heteroatoms. The van der Waals surface area contributed by atoms with E-state index in [4.69, 9.17) is 9.15 Å². The van der Waals surface area contributed by atoms with Crippen LogP contribution in [0.3, 0.4) is 0 Å². The van der Waals surface area contributed by atoms with Crippen molar-refractivity contribution in [2.45, 2.75) is 76.5 Å². The number of hydrogen-bond donors (Lipinski definition) is 0. The zero-order valence-electron chi connectivity index (χ0n) is 19.9. The number of hydrazine groups is 1. The fourth-order valence-corrected chi connectivity index (χ4v) is 5.84. The zero-order valence-corrected chi connectivity index (χ0v) is 19.9. The van der Waals surface area contributed by atoms with Crippen LogP contribution >= 0.6 is 0 Å². The Labute approximate surface area is 204 Å². The first-order valence-corrected chi connectivity index (χ1v) is 12.6. The van der Waals surface area contributed by atoms with Crippen molar-refractivity contribution in [2.24, 2.45) is 0 Å². The van der Waals surface area contributed by atoms with Crippen LogP contribution < -0.4 is 4.74 Å². The van der Waals surface area contributed by atoms with Gasteiger partial charge in [-0.25, -0.2) is 9.99 Å². The molecule has 184 valence electrons. The van der Waals surface area contributed by atoms with Gasteiger partial charge in [0.2, 0.25) is 11.8 Å². The quantitative estimate of drug-likeness (QED) is 0.609. The highest BCUT2D eigenvalue weighted by atomic mass is 16.5. The van der Waals surface area contributed by atoms with Gasteiger partial charge in [0.25, 0.3) is 5.91 Å². The summed E-state index contributed by atoms with van der Waals surface area (Å²) in [5.74, 6) is 1.81. The van der Waals surface area contributed by atoms with Crippen LogP contribution in [-0.2, 0) is 16.1 Å². The highest BCUT2D eigenvalue weighted by Crippen LogP contribution is 2.36. The van der Waals surface area contributed by atoms with E-state index in [0.29, 0.717) is 23.9 Å². The van der Waals surface area contributed by atoms with E-state index in [1.54, 1.807) is 12.3 Å². The fraction of sp³-hybridized carbons (Fsp3) is 0.538. The molecule has 1 aliphatic carbocycles. The number of rotatable bonds is 5. The van der Waals surface area contributed by atoms with Crippen molar-refractivity contribution >= 4 is 17.7 Å². The number of piperidine rings is 1. The second-order valence-corrected chi connectivity index (χ2v) is 10.1. The third-order valence-electron chi connectivity index (χ3n) is 7.68. The number of imide groups is 1. The molecule has 2 saturated heterocycles. The molecule has 1 aromatic heterocycles. The molecule has 0 bridgehead atoms. The van der Waals surface area contributed by atoms with Gasteiger partial charge in [0.05, 0.1) is 18.7 Å². The Morgan fingerprint density at radius 3 is 2.54 bits per heavy atom. The van der Waals surface area contributed by atoms with E-state index in [2.05, 4.69) is 9.88 Å². The predicted molar refractivity (Wildman–Crippen MR) is 124 cm³/mol. The minimum atomic E-state index is -0.309. The number of aromatic nitrogens is 1. The van der Waals surface area contributed by atoms with Crippen LogP contribution in [0.25, 0.3) is 0 Å². The van der Waals surface area contributed by atoms with Gasteiger partial charge in [-0.2, -0.15) is 5.01 Å². The van der Waals surface area contributed by atoms with E-state index in [0.717, 1.165) is 60.3 Å². The summed E-state index contributed by atoms with van der Waals surface area (Å²) in [6, 6.07) is 5.83. The SMILES string of the molecule is Cc1cnc(C2CN([C@H]3CCCC[C@H]3Oc3ccc4c(c3)CN(N3C(=O)CCCC3=O)C4=O)C2)o1. The molecule has 4 heterocycles. The summed E-state index contributed by atoms with van der Waals surface area (Å²) in [4.78, 5) is 44.5. The Bertz CT molecular complexity index is 1150. The van der Waals surface area contributed by atoms with Gasteiger partial charge < -0.3 is 9.15 Å². The van der Waals surface area contributed by atoms with Crippen molar-refractivity contribution in [3.63, 3.8) is 0 Å². The first-order valence-electron chi connectivity index (χ1n) is 12.6. The number of fused-ring (bicyclic) bond motifs is 1. The molecule has 0 N–H and O–H groups in total. The van der Waals surface area contributed by atoms with E-state index in [1.165, 1.54) is 11.4 Å². The maximum atomic E-state index is 12.9. The number of carbonyl (C=O) groups is 3. The summed E-state index contributed by atoms with van der Waals surface area (Å²) < 4.78 is 12.2. The molecule has 3 fully saturated rings. The normalized spacial score (nSPS) is 25.7. The van der Waals surface area contributed by atoms with Gasteiger partial charge in [0.1, 0.15) is 17.6 Å². The van der Waals surface area contributed by atoms with Crippen LogP contribution in [0.5, 0.6) is 5.75 Å². The molecular weight excluding hydrogens is 448 g/mol. The van der Waals surface area contributed by atoms with Crippen LogP contribution in [0.1, 0.15) is 78.4 Å². The summed E-state index contributed by atoms with van der Waals surface area (Å²) in [5.41, 5.74) is 1.31. The summed E-state index contributed by atoms with van der Waals surface area (Å²) >= 11 is 0. The number of carbonyl (C=O) groups excluding carboxylic acids is 3. The van der Waals surface area contributed by atoms with E-state index < -0.39 is 0 Å². The molecule has 6 rings (SSSR count). The van der Waals surface area contributed by atoms with Crippen molar-refractivity contribution in [1.82, 2.24) is 19.9 Å². The van der Waals surface area contributed by atoms with Gasteiger partial charge in [0, 0.05) is 37.5 Å². The monoisotopic (exact) mass is 478 g/mol. The third-order valence-corrected chi connectivity index (χ3v) is 7.68. The fourth-order valence-electron chi connectivity index (χ4n) is 5.84. The lowest BCUT2D eigenvalue weighted by Gasteiger charge is -2.47. The van der Waals surface area contributed by atoms with Gasteiger partial charge in [0.15, 0.2) is 5.89 Å². The first-order chi connectivity index (χ1) is 17.0. The Balaban J connectivity index is 1.13. The van der Waals surface area contributed by atoms with Crippen LogP contribution in [0.2, 0.25) is 0 Å². The van der Waals surface area contributed by atoms with Crippen molar-refractivity contribution in [3.05, 3.63) is 47.2 Å². The van der Waals surface area contributed by atoms with Crippen LogP contribution in [-0.4, -0.2) is 62.9 Å². The van der Waals surface area contributed by atoms with Crippen molar-refractivity contribution in [1.29, 1.82) is 0 Å². The Morgan fingerprint density at radius 1 is 1.03 bits per heavy atom. The molecule has 1 saturated carbocycles. The Hall–Kier alpha value is -3.20.